The molecular weight excluding hydrogens is 228 g/mol. The second kappa shape index (κ2) is 5.20. The summed E-state index contributed by atoms with van der Waals surface area (Å²) in [5, 5.41) is 19.3. The second-order valence-electron chi connectivity index (χ2n) is 7.13. The normalized spacial score (nSPS) is 32.9. The van der Waals surface area contributed by atoms with E-state index in [1.54, 1.807) is 6.92 Å². The molecule has 0 bridgehead atoms. The molecule has 2 N–H and O–H groups in total. The second-order valence-corrected chi connectivity index (χ2v) is 7.13. The zero-order valence-electron chi connectivity index (χ0n) is 12.4. The minimum atomic E-state index is -0.733. The zero-order valence-corrected chi connectivity index (χ0v) is 12.4. The number of carbonyl (C=O) groups is 1. The highest BCUT2D eigenvalue weighted by atomic mass is 16.4. The summed E-state index contributed by atoms with van der Waals surface area (Å²) in [7, 11) is 0. The Labute approximate surface area is 111 Å². The van der Waals surface area contributed by atoms with E-state index in [-0.39, 0.29) is 11.3 Å². The van der Waals surface area contributed by atoms with Crippen molar-refractivity contribution in [1.82, 2.24) is 0 Å². The maximum atomic E-state index is 11.7. The van der Waals surface area contributed by atoms with Crippen LogP contribution in [-0.2, 0) is 4.79 Å². The van der Waals surface area contributed by atoms with Crippen LogP contribution in [0.5, 0.6) is 0 Å². The first-order valence-electron chi connectivity index (χ1n) is 7.02. The third-order valence-corrected chi connectivity index (χ3v) is 5.12. The average molecular weight is 256 g/mol. The molecule has 0 aliphatic heterocycles. The smallest absolute Gasteiger partial charge is 0.310 e. The summed E-state index contributed by atoms with van der Waals surface area (Å²) in [6, 6.07) is 0. The Balaban J connectivity index is 2.85. The monoisotopic (exact) mass is 256 g/mol. The number of carboxylic acids is 1. The molecule has 3 heteroatoms. The number of aliphatic carboxylic acids is 1. The zero-order chi connectivity index (χ0) is 14.1. The van der Waals surface area contributed by atoms with Crippen molar-refractivity contribution in [2.24, 2.45) is 22.7 Å². The molecule has 0 aromatic heterocycles. The quantitative estimate of drug-likeness (QED) is 0.814. The number of hydrogen-bond acceptors (Lipinski definition) is 2. The van der Waals surface area contributed by atoms with E-state index >= 15 is 0 Å². The summed E-state index contributed by atoms with van der Waals surface area (Å²) < 4.78 is 0. The molecule has 0 spiro atoms. The number of hydrogen-bond donors (Lipinski definition) is 2. The first-order chi connectivity index (χ1) is 8.11. The molecule has 18 heavy (non-hydrogen) atoms. The summed E-state index contributed by atoms with van der Waals surface area (Å²) in [6.45, 7) is 10.2. The van der Waals surface area contributed by atoms with Crippen molar-refractivity contribution in [2.75, 3.05) is 0 Å². The number of aliphatic hydroxyl groups excluding tert-OH is 1. The van der Waals surface area contributed by atoms with Gasteiger partial charge in [-0.3, -0.25) is 4.79 Å². The molecule has 2 atom stereocenters. The lowest BCUT2D eigenvalue weighted by Gasteiger charge is -2.45. The van der Waals surface area contributed by atoms with E-state index < -0.39 is 17.5 Å². The summed E-state index contributed by atoms with van der Waals surface area (Å²) in [4.78, 5) is 11.7. The third-order valence-electron chi connectivity index (χ3n) is 5.12. The molecule has 3 nitrogen and oxygen atoms in total. The topological polar surface area (TPSA) is 57.5 Å². The molecule has 2 unspecified atom stereocenters. The predicted molar refractivity (Wildman–Crippen MR) is 72.3 cm³/mol. The molecule has 0 aromatic rings. The van der Waals surface area contributed by atoms with Gasteiger partial charge in [-0.15, -0.1) is 0 Å². The molecule has 106 valence electrons. The molecule has 1 fully saturated rings. The Bertz CT molecular complexity index is 293. The van der Waals surface area contributed by atoms with Crippen LogP contribution in [-0.4, -0.2) is 22.3 Å². The van der Waals surface area contributed by atoms with Gasteiger partial charge < -0.3 is 10.2 Å². The molecule has 0 radical (unpaired) electrons. The van der Waals surface area contributed by atoms with Crippen molar-refractivity contribution in [3.8, 4) is 0 Å². The van der Waals surface area contributed by atoms with Gasteiger partial charge >= 0.3 is 5.97 Å². The fourth-order valence-corrected chi connectivity index (χ4v) is 3.32. The Morgan fingerprint density at radius 1 is 1.22 bits per heavy atom. The lowest BCUT2D eigenvalue weighted by molar-refractivity contribution is -0.160. The van der Waals surface area contributed by atoms with Crippen molar-refractivity contribution in [3.63, 3.8) is 0 Å². The lowest BCUT2D eigenvalue weighted by Crippen LogP contribution is -2.46. The van der Waals surface area contributed by atoms with E-state index in [0.29, 0.717) is 18.8 Å². The molecule has 1 saturated carbocycles. The summed E-state index contributed by atoms with van der Waals surface area (Å²) in [6.07, 6.45) is 2.72. The van der Waals surface area contributed by atoms with Crippen molar-refractivity contribution in [1.29, 1.82) is 0 Å². The Kier molecular flexibility index (Phi) is 4.47. The minimum absolute atomic E-state index is 0.184. The van der Waals surface area contributed by atoms with Crippen molar-refractivity contribution < 1.29 is 15.0 Å². The van der Waals surface area contributed by atoms with Crippen LogP contribution in [0, 0.1) is 22.7 Å². The van der Waals surface area contributed by atoms with Gasteiger partial charge in [-0.2, -0.15) is 0 Å². The molecule has 0 amide bonds. The van der Waals surface area contributed by atoms with Gasteiger partial charge in [0.1, 0.15) is 0 Å². The van der Waals surface area contributed by atoms with Crippen LogP contribution in [0.4, 0.5) is 0 Å². The molecule has 1 aliphatic carbocycles. The van der Waals surface area contributed by atoms with E-state index in [1.807, 2.05) is 6.92 Å². The standard InChI is InChI=1S/C15H28O3/c1-10(11(2)16)15(13(17)18)8-6-12(7-9-15)14(3,4)5/h10-12,16H,6-9H2,1-5H3,(H,17,18). The van der Waals surface area contributed by atoms with Gasteiger partial charge in [0.25, 0.3) is 0 Å². The summed E-state index contributed by atoms with van der Waals surface area (Å²) >= 11 is 0. The third kappa shape index (κ3) is 2.87. The number of aliphatic hydroxyl groups is 1. The fourth-order valence-electron chi connectivity index (χ4n) is 3.32. The maximum absolute atomic E-state index is 11.7. The first-order valence-corrected chi connectivity index (χ1v) is 7.02. The summed E-state index contributed by atoms with van der Waals surface area (Å²) in [5.41, 5.74) is -0.478. The summed E-state index contributed by atoms with van der Waals surface area (Å²) in [5.74, 6) is -0.328. The first kappa shape index (κ1) is 15.5. The highest BCUT2D eigenvalue weighted by Crippen LogP contribution is 2.49. The van der Waals surface area contributed by atoms with Gasteiger partial charge in [0, 0.05) is 0 Å². The van der Waals surface area contributed by atoms with Crippen molar-refractivity contribution in [2.45, 2.75) is 66.4 Å². The Morgan fingerprint density at radius 2 is 1.67 bits per heavy atom. The van der Waals surface area contributed by atoms with E-state index in [2.05, 4.69) is 20.8 Å². The maximum Gasteiger partial charge on any atom is 0.310 e. The highest BCUT2D eigenvalue weighted by Gasteiger charge is 2.48. The van der Waals surface area contributed by atoms with Crippen molar-refractivity contribution in [3.05, 3.63) is 0 Å². The number of carboxylic acid groups (broad SMARTS) is 1. The van der Waals surface area contributed by atoms with Crippen LogP contribution in [0.2, 0.25) is 0 Å². The fraction of sp³-hybridized carbons (Fsp3) is 0.933. The predicted octanol–water partition coefficient (Wildman–Crippen LogP) is 3.31. The Morgan fingerprint density at radius 3 is 1.94 bits per heavy atom. The lowest BCUT2D eigenvalue weighted by atomic mass is 9.59. The van der Waals surface area contributed by atoms with Crippen LogP contribution < -0.4 is 0 Å². The van der Waals surface area contributed by atoms with E-state index in [0.717, 1.165) is 12.8 Å². The Hall–Kier alpha value is -0.570. The van der Waals surface area contributed by atoms with Crippen LogP contribution in [0.3, 0.4) is 0 Å². The van der Waals surface area contributed by atoms with Crippen LogP contribution >= 0.6 is 0 Å². The van der Waals surface area contributed by atoms with Crippen LogP contribution in [0.1, 0.15) is 60.3 Å². The van der Waals surface area contributed by atoms with E-state index in [1.165, 1.54) is 0 Å². The van der Waals surface area contributed by atoms with E-state index in [4.69, 9.17) is 0 Å². The SMILES string of the molecule is CC(O)C(C)C1(C(=O)O)CCC(C(C)(C)C)CC1. The average Bonchev–Trinajstić information content (AvgIpc) is 2.26. The molecule has 0 aromatic carbocycles. The molecular formula is C15H28O3. The van der Waals surface area contributed by atoms with Gasteiger partial charge in [-0.25, -0.2) is 0 Å². The molecule has 1 rings (SSSR count). The van der Waals surface area contributed by atoms with Gasteiger partial charge in [0.15, 0.2) is 0 Å². The highest BCUT2D eigenvalue weighted by molar-refractivity contribution is 5.75. The molecule has 1 aliphatic rings. The van der Waals surface area contributed by atoms with E-state index in [9.17, 15) is 15.0 Å². The van der Waals surface area contributed by atoms with Gasteiger partial charge in [-0.05, 0) is 49.9 Å². The van der Waals surface area contributed by atoms with Gasteiger partial charge in [-0.1, -0.05) is 27.7 Å². The molecule has 0 heterocycles. The number of rotatable bonds is 3. The minimum Gasteiger partial charge on any atom is -0.481 e. The van der Waals surface area contributed by atoms with Crippen LogP contribution in [0.15, 0.2) is 0 Å². The molecule has 0 saturated heterocycles. The van der Waals surface area contributed by atoms with Gasteiger partial charge in [0.05, 0.1) is 11.5 Å². The largest absolute Gasteiger partial charge is 0.481 e. The van der Waals surface area contributed by atoms with Crippen LogP contribution in [0.25, 0.3) is 0 Å². The van der Waals surface area contributed by atoms with Crippen molar-refractivity contribution >= 4 is 5.97 Å². The van der Waals surface area contributed by atoms with Gasteiger partial charge in [0.2, 0.25) is 0 Å².